The number of hydrazine groups is 1. The zero-order chi connectivity index (χ0) is 17.7. The number of rotatable bonds is 5. The highest BCUT2D eigenvalue weighted by Gasteiger charge is 2.21. The van der Waals surface area contributed by atoms with Crippen LogP contribution in [-0.2, 0) is 10.0 Å². The first-order chi connectivity index (χ1) is 12.1. The van der Waals surface area contributed by atoms with Gasteiger partial charge in [-0.1, -0.05) is 18.2 Å². The Morgan fingerprint density at radius 2 is 2.04 bits per heavy atom. The molecule has 1 aliphatic heterocycles. The fourth-order valence-electron chi connectivity index (χ4n) is 2.65. The first-order valence-electron chi connectivity index (χ1n) is 7.89. The third kappa shape index (κ3) is 4.23. The van der Waals surface area contributed by atoms with E-state index in [1.807, 2.05) is 4.90 Å². The quantitative estimate of drug-likeness (QED) is 0.780. The van der Waals surface area contributed by atoms with E-state index in [9.17, 15) is 8.42 Å². The molecule has 1 aromatic heterocycles. The Kier molecular flexibility index (Phi) is 5.11. The van der Waals surface area contributed by atoms with E-state index in [2.05, 4.69) is 26.3 Å². The molecule has 1 aliphatic rings. The van der Waals surface area contributed by atoms with Crippen LogP contribution in [0.3, 0.4) is 0 Å². The molecule has 2 heterocycles. The highest BCUT2D eigenvalue weighted by Crippen LogP contribution is 2.21. The molecule has 0 spiro atoms. The molecule has 9 heteroatoms. The van der Waals surface area contributed by atoms with Crippen molar-refractivity contribution in [2.24, 2.45) is 5.92 Å². The Morgan fingerprint density at radius 1 is 1.24 bits per heavy atom. The Bertz CT molecular complexity index is 866. The van der Waals surface area contributed by atoms with Gasteiger partial charge < -0.3 is 4.90 Å². The number of sulfonamides is 1. The predicted molar refractivity (Wildman–Crippen MR) is 93.0 cm³/mol. The molecule has 2 aromatic rings. The molecule has 0 aliphatic carbocycles. The van der Waals surface area contributed by atoms with Crippen molar-refractivity contribution in [3.05, 3.63) is 42.6 Å². The summed E-state index contributed by atoms with van der Waals surface area (Å²) >= 11 is 0. The predicted octanol–water partition coefficient (Wildman–Crippen LogP) is 1.52. The first kappa shape index (κ1) is 17.1. The SMILES string of the molecule is N#CC1CCCN(c2ccnc(NNS(=O)(=O)c3ccccc3)n2)C1. The van der Waals surface area contributed by atoms with Crippen LogP contribution in [0, 0.1) is 17.2 Å². The van der Waals surface area contributed by atoms with Crippen LogP contribution in [0.15, 0.2) is 47.5 Å². The minimum atomic E-state index is -3.71. The number of hydrogen-bond acceptors (Lipinski definition) is 7. The van der Waals surface area contributed by atoms with E-state index in [1.54, 1.807) is 30.5 Å². The van der Waals surface area contributed by atoms with E-state index in [1.165, 1.54) is 12.1 Å². The molecular formula is C16H18N6O2S. The molecule has 1 saturated heterocycles. The lowest BCUT2D eigenvalue weighted by Gasteiger charge is -2.30. The molecule has 0 bridgehead atoms. The molecule has 1 atom stereocenters. The minimum absolute atomic E-state index is 0.0169. The van der Waals surface area contributed by atoms with Crippen LogP contribution < -0.4 is 15.2 Å². The summed E-state index contributed by atoms with van der Waals surface area (Å²) < 4.78 is 24.4. The van der Waals surface area contributed by atoms with Crippen molar-refractivity contribution in [1.29, 1.82) is 5.26 Å². The molecule has 25 heavy (non-hydrogen) atoms. The fraction of sp³-hybridized carbons (Fsp3) is 0.312. The average Bonchev–Trinajstić information content (AvgIpc) is 2.67. The van der Waals surface area contributed by atoms with Crippen molar-refractivity contribution in [3.63, 3.8) is 0 Å². The van der Waals surface area contributed by atoms with Gasteiger partial charge in [-0.15, -0.1) is 4.83 Å². The minimum Gasteiger partial charge on any atom is -0.355 e. The largest absolute Gasteiger partial charge is 0.355 e. The topological polar surface area (TPSA) is 111 Å². The lowest BCUT2D eigenvalue weighted by Crippen LogP contribution is -2.36. The Hall–Kier alpha value is -2.70. The number of benzene rings is 1. The van der Waals surface area contributed by atoms with Crippen molar-refractivity contribution in [1.82, 2.24) is 14.8 Å². The smallest absolute Gasteiger partial charge is 0.257 e. The third-order valence-corrected chi connectivity index (χ3v) is 5.18. The summed E-state index contributed by atoms with van der Waals surface area (Å²) in [5, 5.41) is 9.09. The number of hydrogen-bond donors (Lipinski definition) is 2. The molecule has 0 radical (unpaired) electrons. The Morgan fingerprint density at radius 3 is 2.80 bits per heavy atom. The lowest BCUT2D eigenvalue weighted by molar-refractivity contribution is 0.490. The number of anilines is 2. The molecule has 2 N–H and O–H groups in total. The molecule has 8 nitrogen and oxygen atoms in total. The summed E-state index contributed by atoms with van der Waals surface area (Å²) in [5.41, 5.74) is 2.54. The van der Waals surface area contributed by atoms with Crippen LogP contribution in [0.25, 0.3) is 0 Å². The molecule has 1 fully saturated rings. The maximum Gasteiger partial charge on any atom is 0.257 e. The maximum atomic E-state index is 12.2. The molecular weight excluding hydrogens is 340 g/mol. The number of nitriles is 1. The van der Waals surface area contributed by atoms with E-state index in [0.29, 0.717) is 12.4 Å². The van der Waals surface area contributed by atoms with Gasteiger partial charge in [0.05, 0.1) is 16.9 Å². The third-order valence-electron chi connectivity index (χ3n) is 3.92. The molecule has 1 unspecified atom stereocenters. The van der Waals surface area contributed by atoms with Crippen molar-refractivity contribution < 1.29 is 8.42 Å². The molecule has 0 amide bonds. The van der Waals surface area contributed by atoms with Crippen LogP contribution in [-0.4, -0.2) is 31.5 Å². The standard InChI is InChI=1S/C16H18N6O2S/c17-11-13-5-4-10-22(12-13)15-8-9-18-16(19-15)20-21-25(23,24)14-6-2-1-3-7-14/h1-3,6-9,13,21H,4-5,10,12H2,(H,18,19,20). The zero-order valence-electron chi connectivity index (χ0n) is 13.5. The molecule has 3 rings (SSSR count). The first-order valence-corrected chi connectivity index (χ1v) is 9.37. The van der Waals surface area contributed by atoms with E-state index in [4.69, 9.17) is 5.26 Å². The van der Waals surface area contributed by atoms with Gasteiger partial charge in [-0.2, -0.15) is 10.2 Å². The van der Waals surface area contributed by atoms with E-state index < -0.39 is 10.0 Å². The van der Waals surface area contributed by atoms with Crippen LogP contribution in [0.1, 0.15) is 12.8 Å². The van der Waals surface area contributed by atoms with Crippen LogP contribution in [0.5, 0.6) is 0 Å². The summed E-state index contributed by atoms with van der Waals surface area (Å²) in [6.07, 6.45) is 3.36. The van der Waals surface area contributed by atoms with Gasteiger partial charge in [-0.05, 0) is 31.0 Å². The van der Waals surface area contributed by atoms with Crippen molar-refractivity contribution in [3.8, 4) is 6.07 Å². The van der Waals surface area contributed by atoms with E-state index in [0.717, 1.165) is 19.4 Å². The van der Waals surface area contributed by atoms with Crippen LogP contribution in [0.2, 0.25) is 0 Å². The van der Waals surface area contributed by atoms with Gasteiger partial charge in [0.2, 0.25) is 5.95 Å². The normalized spacial score (nSPS) is 17.7. The molecule has 130 valence electrons. The highest BCUT2D eigenvalue weighted by atomic mass is 32.2. The highest BCUT2D eigenvalue weighted by molar-refractivity contribution is 7.89. The zero-order valence-corrected chi connectivity index (χ0v) is 14.3. The van der Waals surface area contributed by atoms with Crippen LogP contribution >= 0.6 is 0 Å². The van der Waals surface area contributed by atoms with E-state index >= 15 is 0 Å². The second-order valence-electron chi connectivity index (χ2n) is 5.70. The van der Waals surface area contributed by atoms with Gasteiger partial charge in [0, 0.05) is 19.3 Å². The monoisotopic (exact) mass is 358 g/mol. The Labute approximate surface area is 146 Å². The summed E-state index contributed by atoms with van der Waals surface area (Å²) in [5.74, 6) is 0.796. The van der Waals surface area contributed by atoms with Gasteiger partial charge in [0.25, 0.3) is 10.0 Å². The van der Waals surface area contributed by atoms with Gasteiger partial charge in [-0.25, -0.2) is 13.4 Å². The second-order valence-corrected chi connectivity index (χ2v) is 7.38. The molecule has 1 aromatic carbocycles. The summed E-state index contributed by atoms with van der Waals surface area (Å²) in [4.78, 5) is 12.8. The maximum absolute atomic E-state index is 12.2. The number of nitrogens with one attached hydrogen (secondary N) is 2. The second kappa shape index (κ2) is 7.46. The lowest BCUT2D eigenvalue weighted by atomic mass is 10.00. The number of piperidine rings is 1. The van der Waals surface area contributed by atoms with Gasteiger partial charge in [-0.3, -0.25) is 5.43 Å². The summed E-state index contributed by atoms with van der Waals surface area (Å²) in [7, 11) is -3.71. The van der Waals surface area contributed by atoms with Gasteiger partial charge in [0.1, 0.15) is 5.82 Å². The summed E-state index contributed by atoms with van der Waals surface area (Å²) in [6, 6.07) is 12.1. The summed E-state index contributed by atoms with van der Waals surface area (Å²) in [6.45, 7) is 1.42. The van der Waals surface area contributed by atoms with Gasteiger partial charge in [0.15, 0.2) is 0 Å². The van der Waals surface area contributed by atoms with E-state index in [-0.39, 0.29) is 16.8 Å². The average molecular weight is 358 g/mol. The van der Waals surface area contributed by atoms with Crippen molar-refractivity contribution in [2.45, 2.75) is 17.7 Å². The van der Waals surface area contributed by atoms with Crippen molar-refractivity contribution >= 4 is 21.8 Å². The Balaban J connectivity index is 1.69. The number of nitrogens with zero attached hydrogens (tertiary/aromatic N) is 4. The van der Waals surface area contributed by atoms with Crippen molar-refractivity contribution in [2.75, 3.05) is 23.4 Å². The molecule has 0 saturated carbocycles. The fourth-order valence-corrected chi connectivity index (χ4v) is 3.51. The number of aromatic nitrogens is 2. The van der Waals surface area contributed by atoms with Gasteiger partial charge >= 0.3 is 0 Å². The van der Waals surface area contributed by atoms with Crippen LogP contribution in [0.4, 0.5) is 11.8 Å².